The van der Waals surface area contributed by atoms with E-state index in [1.165, 1.54) is 0 Å². The van der Waals surface area contributed by atoms with E-state index in [0.717, 1.165) is 14.1 Å². The SMILES string of the molecule is C[N+](C)(O)CCCNS(=O)(=O)C(F)(F)C(F)(F)C(F)(F)C(F)(F)C(F)(F)C(F)(F)C(F)(F)F. The Balaban J connectivity index is 6.32. The van der Waals surface area contributed by atoms with Crippen LogP contribution in [0.1, 0.15) is 6.42 Å². The summed E-state index contributed by atoms with van der Waals surface area (Å²) in [5.41, 5.74) is 0. The minimum Gasteiger partial charge on any atom is -0.217 e. The molecule has 0 amide bonds. The highest BCUT2D eigenvalue weighted by Crippen LogP contribution is 2.62. The van der Waals surface area contributed by atoms with Crippen LogP contribution >= 0.6 is 0 Å². The number of hydrogen-bond donors (Lipinski definition) is 2. The van der Waals surface area contributed by atoms with Gasteiger partial charge in [-0.25, -0.2) is 18.3 Å². The Morgan fingerprint density at radius 1 is 0.667 bits per heavy atom. The number of alkyl halides is 15. The highest BCUT2D eigenvalue weighted by atomic mass is 32.2. The standard InChI is InChI=1S/C12H14F15N2O3S/c1-29(2,30)5-3-4-28-33(31,32)12(26,27)10(21,22)8(17,18)6(13,14)7(15,16)9(19,20)11(23,24)25/h28,30H,3-5H2,1-2H3/q+1. The highest BCUT2D eigenvalue weighted by Gasteiger charge is 2.94. The van der Waals surface area contributed by atoms with Crippen LogP contribution in [0.25, 0.3) is 0 Å². The molecule has 2 N–H and O–H groups in total. The maximum Gasteiger partial charge on any atom is 0.460 e. The number of hydrogen-bond acceptors (Lipinski definition) is 3. The topological polar surface area (TPSA) is 66.4 Å². The van der Waals surface area contributed by atoms with Gasteiger partial charge in [0.15, 0.2) is 0 Å². The van der Waals surface area contributed by atoms with E-state index in [9.17, 15) is 79.5 Å². The highest BCUT2D eigenvalue weighted by molar-refractivity contribution is 7.90. The summed E-state index contributed by atoms with van der Waals surface area (Å²) in [7, 11) is -5.13. The molecule has 0 aromatic carbocycles. The molecule has 0 aliphatic rings. The van der Waals surface area contributed by atoms with E-state index in [2.05, 4.69) is 0 Å². The fraction of sp³-hybridized carbons (Fsp3) is 1.00. The first-order valence-electron chi connectivity index (χ1n) is 7.84. The zero-order chi connectivity index (χ0) is 27.3. The average molecular weight is 551 g/mol. The van der Waals surface area contributed by atoms with E-state index < -0.39 is 75.2 Å². The lowest BCUT2D eigenvalue weighted by atomic mass is 9.94. The van der Waals surface area contributed by atoms with E-state index in [-0.39, 0.29) is 0 Å². The van der Waals surface area contributed by atoms with Gasteiger partial charge in [-0.1, -0.05) is 0 Å². The van der Waals surface area contributed by atoms with Crippen LogP contribution in [0.4, 0.5) is 65.9 Å². The predicted octanol–water partition coefficient (Wildman–Crippen LogP) is 4.09. The third-order valence-electron chi connectivity index (χ3n) is 3.81. The summed E-state index contributed by atoms with van der Waals surface area (Å²) in [5, 5.41) is 1.78. The smallest absolute Gasteiger partial charge is 0.217 e. The molecule has 0 fully saturated rings. The minimum absolute atomic E-state index is 0.503. The number of halogens is 15. The number of sulfonamides is 1. The predicted molar refractivity (Wildman–Crippen MR) is 76.0 cm³/mol. The number of hydroxylamine groups is 3. The summed E-state index contributed by atoms with van der Waals surface area (Å²) in [6, 6.07) is 0. The monoisotopic (exact) mass is 551 g/mol. The Morgan fingerprint density at radius 2 is 1.00 bits per heavy atom. The van der Waals surface area contributed by atoms with Crippen molar-refractivity contribution in [1.29, 1.82) is 0 Å². The first-order chi connectivity index (χ1) is 14.0. The molecule has 0 saturated heterocycles. The molecule has 0 spiro atoms. The van der Waals surface area contributed by atoms with Gasteiger partial charge in [0.1, 0.15) is 6.54 Å². The fourth-order valence-corrected chi connectivity index (χ4v) is 2.94. The van der Waals surface area contributed by atoms with Gasteiger partial charge in [0.2, 0.25) is 0 Å². The van der Waals surface area contributed by atoms with Crippen LogP contribution in [0, 0.1) is 0 Å². The molecule has 200 valence electrons. The van der Waals surface area contributed by atoms with Crippen LogP contribution in [0.5, 0.6) is 0 Å². The molecular weight excluding hydrogens is 537 g/mol. The first-order valence-corrected chi connectivity index (χ1v) is 9.32. The van der Waals surface area contributed by atoms with Crippen LogP contribution in [0.2, 0.25) is 0 Å². The quantitative estimate of drug-likeness (QED) is 0.176. The van der Waals surface area contributed by atoms with Gasteiger partial charge in [-0.15, -0.1) is 0 Å². The van der Waals surface area contributed by atoms with Gasteiger partial charge < -0.3 is 0 Å². The molecule has 0 saturated carbocycles. The molecule has 5 nitrogen and oxygen atoms in total. The Morgan fingerprint density at radius 3 is 1.33 bits per heavy atom. The summed E-state index contributed by atoms with van der Waals surface area (Å²) < 4.78 is 218. The van der Waals surface area contributed by atoms with Gasteiger partial charge in [-0.05, 0) is 0 Å². The fourth-order valence-electron chi connectivity index (χ4n) is 1.88. The molecule has 0 aliphatic heterocycles. The van der Waals surface area contributed by atoms with E-state index in [4.69, 9.17) is 0 Å². The van der Waals surface area contributed by atoms with Crippen LogP contribution in [0.15, 0.2) is 0 Å². The Kier molecular flexibility index (Phi) is 8.15. The Hall–Kier alpha value is -1.22. The molecule has 0 rings (SSSR count). The molecule has 0 atom stereocenters. The van der Waals surface area contributed by atoms with E-state index in [1.54, 1.807) is 0 Å². The average Bonchev–Trinajstić information content (AvgIpc) is 2.55. The van der Waals surface area contributed by atoms with Crippen LogP contribution in [-0.2, 0) is 10.0 Å². The van der Waals surface area contributed by atoms with Crippen LogP contribution < -0.4 is 4.72 Å². The molecule has 33 heavy (non-hydrogen) atoms. The van der Waals surface area contributed by atoms with Crippen molar-refractivity contribution in [3.05, 3.63) is 0 Å². The van der Waals surface area contributed by atoms with E-state index in [0.29, 0.717) is 4.72 Å². The third kappa shape index (κ3) is 5.09. The lowest BCUT2D eigenvalue weighted by Gasteiger charge is -2.41. The number of quaternary nitrogens is 1. The van der Waals surface area contributed by atoms with Crippen molar-refractivity contribution in [2.24, 2.45) is 0 Å². The van der Waals surface area contributed by atoms with Crippen molar-refractivity contribution in [3.8, 4) is 0 Å². The van der Waals surface area contributed by atoms with Gasteiger partial charge in [-0.3, -0.25) is 0 Å². The Labute approximate surface area is 174 Å². The third-order valence-corrected chi connectivity index (χ3v) is 5.33. The maximum atomic E-state index is 13.7. The molecule has 0 bridgehead atoms. The van der Waals surface area contributed by atoms with Gasteiger partial charge in [-0.2, -0.15) is 70.5 Å². The second kappa shape index (κ2) is 8.47. The summed E-state index contributed by atoms with van der Waals surface area (Å²) in [6.45, 7) is -1.85. The van der Waals surface area contributed by atoms with Gasteiger partial charge >= 0.3 is 41.0 Å². The van der Waals surface area contributed by atoms with Gasteiger partial charge in [0.05, 0.1) is 14.1 Å². The second-order valence-corrected chi connectivity index (χ2v) is 8.79. The largest absolute Gasteiger partial charge is 0.460 e. The number of rotatable bonds is 11. The summed E-state index contributed by atoms with van der Waals surface area (Å²) in [4.78, 5) is 0. The lowest BCUT2D eigenvalue weighted by molar-refractivity contribution is -1.07. The number of nitrogens with zero attached hydrogens (tertiary/aromatic N) is 1. The number of nitrogens with one attached hydrogen (secondary N) is 1. The van der Waals surface area contributed by atoms with Crippen LogP contribution in [0.3, 0.4) is 0 Å². The van der Waals surface area contributed by atoms with Gasteiger partial charge in [0.25, 0.3) is 10.0 Å². The normalized spacial score (nSPS) is 16.3. The molecular formula is C12H14F15N2O3S+. The molecule has 0 radical (unpaired) electrons. The minimum atomic E-state index is -8.57. The van der Waals surface area contributed by atoms with Crippen molar-refractivity contribution in [3.63, 3.8) is 0 Å². The first kappa shape index (κ1) is 31.8. The zero-order valence-corrected chi connectivity index (χ0v) is 16.7. The second-order valence-electron chi connectivity index (χ2n) is 6.98. The molecule has 0 aliphatic carbocycles. The molecule has 0 aromatic heterocycles. The van der Waals surface area contributed by atoms with E-state index in [1.807, 2.05) is 0 Å². The van der Waals surface area contributed by atoms with E-state index >= 15 is 0 Å². The van der Waals surface area contributed by atoms with Crippen molar-refractivity contribution in [1.82, 2.24) is 4.72 Å². The zero-order valence-electron chi connectivity index (χ0n) is 15.9. The van der Waals surface area contributed by atoms with Crippen molar-refractivity contribution < 1.29 is 84.1 Å². The summed E-state index contributed by atoms with van der Waals surface area (Å²) in [5.74, 6) is -41.8. The maximum absolute atomic E-state index is 13.7. The summed E-state index contributed by atoms with van der Waals surface area (Å²) >= 11 is 0. The molecule has 0 heterocycles. The van der Waals surface area contributed by atoms with Gasteiger partial charge in [0, 0.05) is 13.0 Å². The molecule has 21 heteroatoms. The Bertz CT molecular complexity index is 802. The molecule has 0 aromatic rings. The molecule has 0 unspecified atom stereocenters. The van der Waals surface area contributed by atoms with Crippen molar-refractivity contribution in [2.75, 3.05) is 27.2 Å². The van der Waals surface area contributed by atoms with Crippen LogP contribution in [-0.4, -0.2) is 86.5 Å². The lowest BCUT2D eigenvalue weighted by Crippen LogP contribution is -2.73. The summed E-state index contributed by atoms with van der Waals surface area (Å²) in [6.07, 6.45) is -8.44. The van der Waals surface area contributed by atoms with Crippen molar-refractivity contribution >= 4 is 10.0 Å². The van der Waals surface area contributed by atoms with Crippen molar-refractivity contribution in [2.45, 2.75) is 47.5 Å².